The highest BCUT2D eigenvalue weighted by Crippen LogP contribution is 2.29. The van der Waals surface area contributed by atoms with Crippen LogP contribution in [0.1, 0.15) is 31.3 Å². The minimum atomic E-state index is -3.93. The van der Waals surface area contributed by atoms with Gasteiger partial charge in [0.2, 0.25) is 0 Å². The molecule has 0 aliphatic carbocycles. The van der Waals surface area contributed by atoms with Crippen molar-refractivity contribution in [2.24, 2.45) is 7.05 Å². The summed E-state index contributed by atoms with van der Waals surface area (Å²) in [6.07, 6.45) is 1.32. The fourth-order valence-electron chi connectivity index (χ4n) is 2.27. The van der Waals surface area contributed by atoms with Gasteiger partial charge < -0.3 is 9.88 Å². The number of aromatic nitrogens is 1. The molecule has 0 aliphatic rings. The predicted molar refractivity (Wildman–Crippen MR) is 100 cm³/mol. The van der Waals surface area contributed by atoms with Crippen molar-refractivity contribution in [2.75, 3.05) is 10.0 Å². The van der Waals surface area contributed by atoms with Crippen LogP contribution < -0.4 is 14.8 Å². The number of aryl methyl sites for hydroxylation is 1. The van der Waals surface area contributed by atoms with Gasteiger partial charge in [-0.15, -0.1) is 0 Å². The molecule has 0 fully saturated rings. The van der Waals surface area contributed by atoms with Gasteiger partial charge in [-0.25, -0.2) is 8.78 Å². The van der Waals surface area contributed by atoms with Gasteiger partial charge >= 0.3 is 0 Å². The minimum absolute atomic E-state index is 0.00801. The van der Waals surface area contributed by atoms with Crippen LogP contribution in [0.3, 0.4) is 0 Å². The van der Waals surface area contributed by atoms with E-state index in [1.54, 1.807) is 20.8 Å². The number of nitrogens with zero attached hydrogens (tertiary/aromatic N) is 1. The first-order valence-corrected chi connectivity index (χ1v) is 9.58. The van der Waals surface area contributed by atoms with Crippen molar-refractivity contribution in [2.45, 2.75) is 26.3 Å². The molecule has 0 spiro atoms. The van der Waals surface area contributed by atoms with Gasteiger partial charge in [-0.05, 0) is 32.9 Å². The lowest BCUT2D eigenvalue weighted by molar-refractivity contribution is 0.101. The van der Waals surface area contributed by atoms with E-state index in [9.17, 15) is 22.0 Å². The third-order valence-electron chi connectivity index (χ3n) is 3.20. The molecule has 0 radical (unpaired) electrons. The Hall–Kier alpha value is -2.17. The van der Waals surface area contributed by atoms with E-state index in [1.165, 1.54) is 23.9 Å². The highest BCUT2D eigenvalue weighted by atomic mass is 35.5. The lowest BCUT2D eigenvalue weighted by Crippen LogP contribution is -2.43. The SMILES string of the molecule is Cn1cc(NS(=O)(=O)NC(C)(C)C)c(Cl)c1C(=O)Nc1ccc(F)c(F)c1. The van der Waals surface area contributed by atoms with E-state index in [0.717, 1.165) is 12.1 Å². The summed E-state index contributed by atoms with van der Waals surface area (Å²) < 4.78 is 56.5. The Kier molecular flexibility index (Phi) is 5.83. The molecule has 0 bridgehead atoms. The molecule has 7 nitrogen and oxygen atoms in total. The predicted octanol–water partition coefficient (Wildman–Crippen LogP) is 3.25. The third kappa shape index (κ3) is 5.41. The van der Waals surface area contributed by atoms with Gasteiger partial charge in [0.25, 0.3) is 16.1 Å². The lowest BCUT2D eigenvalue weighted by Gasteiger charge is -2.20. The fourth-order valence-corrected chi connectivity index (χ4v) is 3.94. The van der Waals surface area contributed by atoms with Gasteiger partial charge in [0.1, 0.15) is 5.69 Å². The van der Waals surface area contributed by atoms with E-state index < -0.39 is 33.3 Å². The average molecular weight is 421 g/mol. The highest BCUT2D eigenvalue weighted by molar-refractivity contribution is 7.90. The maximum absolute atomic E-state index is 13.3. The van der Waals surface area contributed by atoms with Crippen LogP contribution in [-0.4, -0.2) is 24.4 Å². The van der Waals surface area contributed by atoms with Crippen molar-refractivity contribution in [1.29, 1.82) is 0 Å². The van der Waals surface area contributed by atoms with E-state index in [0.29, 0.717) is 0 Å². The second-order valence-electron chi connectivity index (χ2n) is 6.86. The first-order chi connectivity index (χ1) is 12.3. The molecule has 0 atom stereocenters. The van der Waals surface area contributed by atoms with Gasteiger partial charge in [0.05, 0.1) is 10.7 Å². The van der Waals surface area contributed by atoms with Gasteiger partial charge in [0.15, 0.2) is 11.6 Å². The van der Waals surface area contributed by atoms with Crippen LogP contribution in [0.4, 0.5) is 20.2 Å². The smallest absolute Gasteiger partial charge is 0.299 e. The van der Waals surface area contributed by atoms with Crippen LogP contribution in [0.2, 0.25) is 5.02 Å². The molecule has 0 saturated heterocycles. The molecule has 11 heteroatoms. The number of hydrogen-bond donors (Lipinski definition) is 3. The zero-order valence-electron chi connectivity index (χ0n) is 15.0. The minimum Gasteiger partial charge on any atom is -0.343 e. The first kappa shape index (κ1) is 21.1. The van der Waals surface area contributed by atoms with Crippen molar-refractivity contribution in [1.82, 2.24) is 9.29 Å². The van der Waals surface area contributed by atoms with Crippen LogP contribution in [-0.2, 0) is 17.3 Å². The molecule has 1 aromatic heterocycles. The maximum atomic E-state index is 13.3. The second kappa shape index (κ2) is 7.45. The Morgan fingerprint density at radius 2 is 1.81 bits per heavy atom. The number of halogens is 3. The molecule has 0 aliphatic heterocycles. The third-order valence-corrected chi connectivity index (χ3v) is 4.95. The summed E-state index contributed by atoms with van der Waals surface area (Å²) in [5.74, 6) is -2.89. The van der Waals surface area contributed by atoms with Crippen LogP contribution in [0, 0.1) is 11.6 Å². The number of carbonyl (C=O) groups excluding carboxylic acids is 1. The molecule has 2 rings (SSSR count). The average Bonchev–Trinajstić information content (AvgIpc) is 2.74. The Labute approximate surface area is 160 Å². The number of nitrogens with one attached hydrogen (secondary N) is 3. The number of hydrogen-bond acceptors (Lipinski definition) is 3. The van der Waals surface area contributed by atoms with E-state index in [1.807, 2.05) is 0 Å². The lowest BCUT2D eigenvalue weighted by atomic mass is 10.1. The van der Waals surface area contributed by atoms with E-state index >= 15 is 0 Å². The molecule has 148 valence electrons. The number of rotatable bonds is 5. The molecule has 3 N–H and O–H groups in total. The number of benzene rings is 1. The Morgan fingerprint density at radius 1 is 1.19 bits per heavy atom. The van der Waals surface area contributed by atoms with Gasteiger partial charge in [-0.3, -0.25) is 9.52 Å². The van der Waals surface area contributed by atoms with Crippen molar-refractivity contribution in [3.05, 3.63) is 46.7 Å². The van der Waals surface area contributed by atoms with Gasteiger partial charge in [0, 0.05) is 30.5 Å². The summed E-state index contributed by atoms with van der Waals surface area (Å²) in [5.41, 5.74) is -0.770. The Bertz CT molecular complexity index is 984. The molecule has 0 unspecified atom stereocenters. The summed E-state index contributed by atoms with van der Waals surface area (Å²) in [6, 6.07) is 2.88. The summed E-state index contributed by atoms with van der Waals surface area (Å²) in [4.78, 5) is 12.4. The highest BCUT2D eigenvalue weighted by Gasteiger charge is 2.25. The van der Waals surface area contributed by atoms with Crippen molar-refractivity contribution < 1.29 is 22.0 Å². The fraction of sp³-hybridized carbons (Fsp3) is 0.312. The summed E-state index contributed by atoms with van der Waals surface area (Å²) in [7, 11) is -2.45. The second-order valence-corrected chi connectivity index (χ2v) is 8.65. The van der Waals surface area contributed by atoms with E-state index in [2.05, 4.69) is 14.8 Å². The van der Waals surface area contributed by atoms with E-state index in [-0.39, 0.29) is 22.1 Å². The van der Waals surface area contributed by atoms with Crippen LogP contribution in [0.15, 0.2) is 24.4 Å². The molecular weight excluding hydrogens is 402 g/mol. The molecule has 0 saturated carbocycles. The number of amides is 1. The van der Waals surface area contributed by atoms with Gasteiger partial charge in [-0.1, -0.05) is 11.6 Å². The molecule has 1 aromatic carbocycles. The molecule has 1 amide bonds. The Morgan fingerprint density at radius 3 is 2.37 bits per heavy atom. The van der Waals surface area contributed by atoms with Crippen molar-refractivity contribution in [3.8, 4) is 0 Å². The van der Waals surface area contributed by atoms with Gasteiger partial charge in [-0.2, -0.15) is 13.1 Å². The topological polar surface area (TPSA) is 92.2 Å². The number of carbonyl (C=O) groups is 1. The summed E-state index contributed by atoms with van der Waals surface area (Å²) >= 11 is 6.15. The molecule has 1 heterocycles. The Balaban J connectivity index is 2.26. The quantitative estimate of drug-likeness (QED) is 0.693. The maximum Gasteiger partial charge on any atom is 0.299 e. The summed E-state index contributed by atoms with van der Waals surface area (Å²) in [5, 5.41) is 2.24. The van der Waals surface area contributed by atoms with E-state index in [4.69, 9.17) is 11.6 Å². The largest absolute Gasteiger partial charge is 0.343 e. The first-order valence-electron chi connectivity index (χ1n) is 7.72. The molecule has 27 heavy (non-hydrogen) atoms. The monoisotopic (exact) mass is 420 g/mol. The molecular formula is C16H19ClF2N4O3S. The van der Waals surface area contributed by atoms with Crippen LogP contribution >= 0.6 is 11.6 Å². The van der Waals surface area contributed by atoms with Crippen molar-refractivity contribution in [3.63, 3.8) is 0 Å². The van der Waals surface area contributed by atoms with Crippen molar-refractivity contribution >= 4 is 39.1 Å². The zero-order chi connectivity index (χ0) is 20.6. The zero-order valence-corrected chi connectivity index (χ0v) is 16.6. The van der Waals surface area contributed by atoms with Crippen LogP contribution in [0.5, 0.6) is 0 Å². The normalized spacial score (nSPS) is 12.1. The standard InChI is InChI=1S/C16H19ClF2N4O3S/c1-16(2,3)22-27(25,26)21-12-8-23(4)14(13(12)17)15(24)20-9-5-6-10(18)11(19)7-9/h5-8,21-22H,1-4H3,(H,20,24). The summed E-state index contributed by atoms with van der Waals surface area (Å²) in [6.45, 7) is 5.00. The number of anilines is 2. The van der Waals surface area contributed by atoms with Crippen LogP contribution in [0.25, 0.3) is 0 Å². The molecule has 2 aromatic rings.